The van der Waals surface area contributed by atoms with Gasteiger partial charge in [-0.25, -0.2) is 4.98 Å². The van der Waals surface area contributed by atoms with Crippen molar-refractivity contribution in [2.24, 2.45) is 0 Å². The smallest absolute Gasteiger partial charge is 0.153 e. The van der Waals surface area contributed by atoms with Crippen molar-refractivity contribution in [1.29, 1.82) is 0 Å². The Labute approximate surface area is 89.6 Å². The molecule has 0 saturated carbocycles. The predicted octanol–water partition coefficient (Wildman–Crippen LogP) is 0.461. The number of nitrogens with one attached hydrogen (secondary N) is 2. The van der Waals surface area contributed by atoms with Crippen molar-refractivity contribution in [1.82, 2.24) is 20.5 Å². The third-order valence-corrected chi connectivity index (χ3v) is 2.75. The SMILES string of the molecule is CNCCc1nc(C2CCOCC2)n[nH]1. The summed E-state index contributed by atoms with van der Waals surface area (Å²) in [5.74, 6) is 2.42. The van der Waals surface area contributed by atoms with Gasteiger partial charge >= 0.3 is 0 Å². The van der Waals surface area contributed by atoms with Crippen LogP contribution in [0.2, 0.25) is 0 Å². The average Bonchev–Trinajstić information content (AvgIpc) is 2.76. The van der Waals surface area contributed by atoms with Crippen molar-refractivity contribution >= 4 is 0 Å². The Balaban J connectivity index is 1.93. The van der Waals surface area contributed by atoms with Crippen LogP contribution in [0.15, 0.2) is 0 Å². The summed E-state index contributed by atoms with van der Waals surface area (Å²) in [6, 6.07) is 0. The molecular weight excluding hydrogens is 192 g/mol. The quantitative estimate of drug-likeness (QED) is 0.758. The van der Waals surface area contributed by atoms with E-state index in [0.717, 1.165) is 50.7 Å². The lowest BCUT2D eigenvalue weighted by Gasteiger charge is -2.18. The van der Waals surface area contributed by atoms with Crippen LogP contribution in [0, 0.1) is 0 Å². The zero-order chi connectivity index (χ0) is 10.5. The third-order valence-electron chi connectivity index (χ3n) is 2.75. The van der Waals surface area contributed by atoms with Crippen molar-refractivity contribution < 1.29 is 4.74 Å². The van der Waals surface area contributed by atoms with Gasteiger partial charge in [0.25, 0.3) is 0 Å². The fourth-order valence-corrected chi connectivity index (χ4v) is 1.80. The van der Waals surface area contributed by atoms with E-state index in [1.54, 1.807) is 0 Å². The van der Waals surface area contributed by atoms with Gasteiger partial charge in [0.2, 0.25) is 0 Å². The summed E-state index contributed by atoms with van der Waals surface area (Å²) in [5, 5.41) is 10.4. The maximum Gasteiger partial charge on any atom is 0.153 e. The molecule has 84 valence electrons. The van der Waals surface area contributed by atoms with Gasteiger partial charge in [-0.05, 0) is 19.9 Å². The van der Waals surface area contributed by atoms with Gasteiger partial charge in [0.1, 0.15) is 5.82 Å². The van der Waals surface area contributed by atoms with Crippen LogP contribution in [-0.4, -0.2) is 42.0 Å². The van der Waals surface area contributed by atoms with Crippen LogP contribution in [-0.2, 0) is 11.2 Å². The Morgan fingerprint density at radius 1 is 1.47 bits per heavy atom. The average molecular weight is 210 g/mol. The van der Waals surface area contributed by atoms with Gasteiger partial charge < -0.3 is 10.1 Å². The van der Waals surface area contributed by atoms with Crippen LogP contribution in [0.1, 0.15) is 30.4 Å². The van der Waals surface area contributed by atoms with Crippen LogP contribution >= 0.6 is 0 Å². The highest BCUT2D eigenvalue weighted by Crippen LogP contribution is 2.23. The molecule has 5 nitrogen and oxygen atoms in total. The van der Waals surface area contributed by atoms with Gasteiger partial charge in [0, 0.05) is 32.1 Å². The summed E-state index contributed by atoms with van der Waals surface area (Å²) < 4.78 is 5.32. The molecule has 2 heterocycles. The number of rotatable bonds is 4. The molecule has 0 unspecified atom stereocenters. The van der Waals surface area contributed by atoms with E-state index in [2.05, 4.69) is 20.5 Å². The van der Waals surface area contributed by atoms with E-state index in [0.29, 0.717) is 5.92 Å². The fourth-order valence-electron chi connectivity index (χ4n) is 1.80. The standard InChI is InChI=1S/C10H18N4O/c1-11-5-2-9-12-10(14-13-9)8-3-6-15-7-4-8/h8,11H,2-7H2,1H3,(H,12,13,14). The number of aromatic nitrogens is 3. The molecule has 1 aromatic rings. The van der Waals surface area contributed by atoms with Gasteiger partial charge in [0.15, 0.2) is 5.82 Å². The number of aromatic amines is 1. The first-order valence-corrected chi connectivity index (χ1v) is 5.53. The summed E-state index contributed by atoms with van der Waals surface area (Å²) in [7, 11) is 1.94. The summed E-state index contributed by atoms with van der Waals surface area (Å²) in [4.78, 5) is 4.51. The Morgan fingerprint density at radius 2 is 2.27 bits per heavy atom. The normalized spacial score (nSPS) is 18.2. The second-order valence-electron chi connectivity index (χ2n) is 3.88. The Hall–Kier alpha value is -0.940. The topological polar surface area (TPSA) is 62.8 Å². The Bertz CT molecular complexity index is 293. The van der Waals surface area contributed by atoms with Gasteiger partial charge in [-0.3, -0.25) is 5.10 Å². The van der Waals surface area contributed by atoms with E-state index in [-0.39, 0.29) is 0 Å². The van der Waals surface area contributed by atoms with Gasteiger partial charge in [-0.15, -0.1) is 0 Å². The number of hydrogen-bond donors (Lipinski definition) is 2. The minimum absolute atomic E-state index is 0.485. The highest BCUT2D eigenvalue weighted by Gasteiger charge is 2.19. The van der Waals surface area contributed by atoms with Crippen molar-refractivity contribution in [2.45, 2.75) is 25.2 Å². The molecule has 0 atom stereocenters. The summed E-state index contributed by atoms with van der Waals surface area (Å²) in [5.41, 5.74) is 0. The van der Waals surface area contributed by atoms with Gasteiger partial charge in [-0.2, -0.15) is 5.10 Å². The molecule has 5 heteroatoms. The van der Waals surface area contributed by atoms with Crippen LogP contribution in [0.3, 0.4) is 0 Å². The van der Waals surface area contributed by atoms with E-state index in [4.69, 9.17) is 4.74 Å². The van der Waals surface area contributed by atoms with E-state index >= 15 is 0 Å². The molecule has 2 N–H and O–H groups in total. The van der Waals surface area contributed by atoms with Crippen molar-refractivity contribution in [3.05, 3.63) is 11.6 Å². The molecule has 0 radical (unpaired) electrons. The minimum atomic E-state index is 0.485. The fraction of sp³-hybridized carbons (Fsp3) is 0.800. The molecule has 0 aromatic carbocycles. The molecule has 1 aliphatic rings. The number of hydrogen-bond acceptors (Lipinski definition) is 4. The number of nitrogens with zero attached hydrogens (tertiary/aromatic N) is 2. The number of H-pyrrole nitrogens is 1. The van der Waals surface area contributed by atoms with E-state index < -0.39 is 0 Å². The van der Waals surface area contributed by atoms with Gasteiger partial charge in [-0.1, -0.05) is 0 Å². The number of ether oxygens (including phenoxy) is 1. The molecule has 15 heavy (non-hydrogen) atoms. The molecule has 0 aliphatic carbocycles. The maximum absolute atomic E-state index is 5.32. The molecule has 1 saturated heterocycles. The summed E-state index contributed by atoms with van der Waals surface area (Å²) >= 11 is 0. The summed E-state index contributed by atoms with van der Waals surface area (Å²) in [6.07, 6.45) is 3.00. The largest absolute Gasteiger partial charge is 0.381 e. The van der Waals surface area contributed by atoms with Crippen LogP contribution in [0.25, 0.3) is 0 Å². The lowest BCUT2D eigenvalue weighted by atomic mass is 10.00. The van der Waals surface area contributed by atoms with E-state index in [1.165, 1.54) is 0 Å². The molecule has 1 fully saturated rings. The molecular formula is C10H18N4O. The van der Waals surface area contributed by atoms with Crippen molar-refractivity contribution in [3.8, 4) is 0 Å². The highest BCUT2D eigenvalue weighted by atomic mass is 16.5. The number of likely N-dealkylation sites (N-methyl/N-ethyl adjacent to an activating group) is 1. The maximum atomic E-state index is 5.32. The molecule has 2 rings (SSSR count). The lowest BCUT2D eigenvalue weighted by Crippen LogP contribution is -2.15. The zero-order valence-corrected chi connectivity index (χ0v) is 9.12. The Morgan fingerprint density at radius 3 is 3.00 bits per heavy atom. The first kappa shape index (κ1) is 10.6. The van der Waals surface area contributed by atoms with Crippen LogP contribution in [0.5, 0.6) is 0 Å². The predicted molar refractivity (Wildman–Crippen MR) is 56.8 cm³/mol. The first-order valence-electron chi connectivity index (χ1n) is 5.53. The van der Waals surface area contributed by atoms with Gasteiger partial charge in [0.05, 0.1) is 0 Å². The molecule has 1 aliphatic heterocycles. The molecule has 0 bridgehead atoms. The van der Waals surface area contributed by atoms with Crippen molar-refractivity contribution in [2.75, 3.05) is 26.8 Å². The Kier molecular flexibility index (Phi) is 3.69. The summed E-state index contributed by atoms with van der Waals surface area (Å²) in [6.45, 7) is 2.61. The second-order valence-corrected chi connectivity index (χ2v) is 3.88. The highest BCUT2D eigenvalue weighted by molar-refractivity contribution is 4.99. The van der Waals surface area contributed by atoms with E-state index in [1.807, 2.05) is 7.05 Å². The second kappa shape index (κ2) is 5.23. The van der Waals surface area contributed by atoms with E-state index in [9.17, 15) is 0 Å². The molecule has 0 amide bonds. The minimum Gasteiger partial charge on any atom is -0.381 e. The van der Waals surface area contributed by atoms with Crippen molar-refractivity contribution in [3.63, 3.8) is 0 Å². The first-order chi connectivity index (χ1) is 7.40. The van der Waals surface area contributed by atoms with Crippen LogP contribution < -0.4 is 5.32 Å². The zero-order valence-electron chi connectivity index (χ0n) is 9.12. The molecule has 0 spiro atoms. The molecule has 1 aromatic heterocycles. The monoisotopic (exact) mass is 210 g/mol. The van der Waals surface area contributed by atoms with Crippen LogP contribution in [0.4, 0.5) is 0 Å². The lowest BCUT2D eigenvalue weighted by molar-refractivity contribution is 0.0836. The third kappa shape index (κ3) is 2.76.